The van der Waals surface area contributed by atoms with Crippen LogP contribution < -0.4 is 34.7 Å². The Morgan fingerprint density at radius 2 is 1.85 bits per heavy atom. The smallest absolute Gasteiger partial charge is 0.565 e. The number of oxime groups is 1. The van der Waals surface area contributed by atoms with Gasteiger partial charge in [-0.3, -0.25) is 4.98 Å². The van der Waals surface area contributed by atoms with Crippen molar-refractivity contribution < 1.29 is 62.6 Å². The molecular weight excluding hydrogens is 444 g/mol. The Morgan fingerprint density at radius 1 is 1.30 bits per heavy atom. The fourth-order valence-electron chi connectivity index (χ4n) is 2.33. The van der Waals surface area contributed by atoms with Gasteiger partial charge in [-0.2, -0.15) is 0 Å². The summed E-state index contributed by atoms with van der Waals surface area (Å²) in [4.78, 5) is 17.9. The van der Waals surface area contributed by atoms with Crippen LogP contribution in [0.3, 0.4) is 0 Å². The number of pyridine rings is 1. The Morgan fingerprint density at radius 3 is 2.33 bits per heavy atom. The van der Waals surface area contributed by atoms with E-state index in [2.05, 4.69) is 26.1 Å². The Kier molecular flexibility index (Phi) is 8.73. The zero-order chi connectivity index (χ0) is 19.4. The van der Waals surface area contributed by atoms with E-state index in [4.69, 9.17) is 19.8 Å². The maximum atomic E-state index is 14.1. The number of rotatable bonds is 2. The molecule has 1 aliphatic rings. The van der Waals surface area contributed by atoms with Gasteiger partial charge < -0.3 is 19.8 Å². The van der Waals surface area contributed by atoms with Crippen molar-refractivity contribution in [1.29, 1.82) is 0 Å². The predicted molar refractivity (Wildman–Crippen MR) is 87.1 cm³/mol. The summed E-state index contributed by atoms with van der Waals surface area (Å²) < 4.78 is 41.9. The summed E-state index contributed by atoms with van der Waals surface area (Å²) in [5.74, 6) is -2.93. The molecule has 0 aliphatic carbocycles. The molecule has 0 saturated carbocycles. The Balaban J connectivity index is 0.000000666. The molecular formula is C16H11BrF3N2NaO4. The number of halogens is 4. The molecule has 1 aliphatic heterocycles. The molecule has 0 radical (unpaired) electrons. The van der Waals surface area contributed by atoms with Crippen LogP contribution in [-0.2, 0) is 4.84 Å². The summed E-state index contributed by atoms with van der Waals surface area (Å²) in [6, 6.07) is 2.89. The van der Waals surface area contributed by atoms with Crippen LogP contribution >= 0.6 is 15.9 Å². The number of nitrogens with zero attached hydrogens (tertiary/aromatic N) is 2. The van der Waals surface area contributed by atoms with E-state index in [9.17, 15) is 13.2 Å². The minimum absolute atomic E-state index is 0. The molecule has 2 aromatic rings. The first-order valence-electron chi connectivity index (χ1n) is 7.08. The van der Waals surface area contributed by atoms with Crippen LogP contribution in [0, 0.1) is 24.4 Å². The van der Waals surface area contributed by atoms with E-state index >= 15 is 0 Å². The molecule has 1 atom stereocenters. The minimum atomic E-state index is -2.08. The molecule has 1 aromatic carbocycles. The second kappa shape index (κ2) is 10.1. The third-order valence-electron chi connectivity index (χ3n) is 3.27. The molecule has 27 heavy (non-hydrogen) atoms. The number of aryl methyl sites for hydroxylation is 1. The largest absolute Gasteiger partial charge is 1.00 e. The summed E-state index contributed by atoms with van der Waals surface area (Å²) in [6.45, 7) is 1.75. The van der Waals surface area contributed by atoms with Gasteiger partial charge in [0.15, 0.2) is 6.10 Å². The third kappa shape index (κ3) is 6.20. The van der Waals surface area contributed by atoms with Crippen LogP contribution in [0.15, 0.2) is 29.6 Å². The van der Waals surface area contributed by atoms with Gasteiger partial charge in [-0.05, 0) is 34.5 Å². The van der Waals surface area contributed by atoms with Crippen LogP contribution in [0.4, 0.5) is 18.0 Å². The second-order valence-corrected chi connectivity index (χ2v) is 6.14. The molecule has 3 rings (SSSR count). The van der Waals surface area contributed by atoms with E-state index in [-0.39, 0.29) is 40.7 Å². The summed E-state index contributed by atoms with van der Waals surface area (Å²) in [5, 5.41) is 19.1. The van der Waals surface area contributed by atoms with E-state index in [1.807, 2.05) is 0 Å². The zero-order valence-corrected chi connectivity index (χ0v) is 17.8. The van der Waals surface area contributed by atoms with Crippen molar-refractivity contribution in [3.05, 3.63) is 53.1 Å². The van der Waals surface area contributed by atoms with Crippen LogP contribution in [0.5, 0.6) is 0 Å². The number of hydrogen-bond donors (Lipinski definition) is 1. The maximum Gasteiger partial charge on any atom is 1.00 e. The Hall–Kier alpha value is -1.62. The van der Waals surface area contributed by atoms with Crippen molar-refractivity contribution in [2.24, 2.45) is 5.16 Å². The maximum absolute atomic E-state index is 14.1. The molecule has 0 fully saturated rings. The molecule has 1 N–H and O–H groups in total. The molecule has 0 spiro atoms. The zero-order valence-electron chi connectivity index (χ0n) is 14.2. The van der Waals surface area contributed by atoms with E-state index in [1.165, 1.54) is 0 Å². The summed E-state index contributed by atoms with van der Waals surface area (Å²) in [6.07, 6.45) is -0.643. The van der Waals surface area contributed by atoms with Gasteiger partial charge in [0.2, 0.25) is 6.16 Å². The van der Waals surface area contributed by atoms with Gasteiger partial charge in [0.25, 0.3) is 0 Å². The number of aromatic nitrogens is 1. The van der Waals surface area contributed by atoms with Crippen LogP contribution in [0.2, 0.25) is 0 Å². The second-order valence-electron chi connectivity index (χ2n) is 5.22. The van der Waals surface area contributed by atoms with E-state index in [0.717, 1.165) is 5.56 Å². The van der Waals surface area contributed by atoms with Gasteiger partial charge in [-0.25, -0.2) is 13.2 Å². The summed E-state index contributed by atoms with van der Waals surface area (Å²) in [5.41, 5.74) is 0.990. The molecule has 0 bridgehead atoms. The molecule has 2 heterocycles. The standard InChI is InChI=1S/C15H10BrF3N2O.CH2O3.Na/c1-7-2-9(14-10(18)3-8(17)4-11(14)19)15(20-6-7)12-5-13(16)21-22-12;2-1(3)4;/h2-4,6,12H,5H2,1H3;(H2,2,3,4);/q;;+1/p-1. The fourth-order valence-corrected chi connectivity index (χ4v) is 2.71. The van der Waals surface area contributed by atoms with Crippen molar-refractivity contribution in [2.75, 3.05) is 0 Å². The topological polar surface area (TPSA) is 94.8 Å². The molecule has 6 nitrogen and oxygen atoms in total. The Bertz CT molecular complexity index is 856. The summed E-state index contributed by atoms with van der Waals surface area (Å²) >= 11 is 3.21. The monoisotopic (exact) mass is 454 g/mol. The molecule has 0 amide bonds. The van der Waals surface area contributed by atoms with Crippen molar-refractivity contribution >= 4 is 26.7 Å². The first-order valence-corrected chi connectivity index (χ1v) is 7.88. The van der Waals surface area contributed by atoms with Crippen molar-refractivity contribution in [3.63, 3.8) is 0 Å². The average molecular weight is 455 g/mol. The van der Waals surface area contributed by atoms with Gasteiger partial charge in [-0.15, -0.1) is 0 Å². The van der Waals surface area contributed by atoms with Gasteiger partial charge in [0, 0.05) is 30.3 Å². The van der Waals surface area contributed by atoms with Gasteiger partial charge in [-0.1, -0.05) is 5.16 Å². The quantitative estimate of drug-likeness (QED) is 0.668. The number of carboxylic acid groups (broad SMARTS) is 2. The number of benzene rings is 1. The molecule has 138 valence electrons. The predicted octanol–water partition coefficient (Wildman–Crippen LogP) is 0.536. The van der Waals surface area contributed by atoms with E-state index in [1.54, 1.807) is 19.2 Å². The van der Waals surface area contributed by atoms with Gasteiger partial charge in [0.1, 0.15) is 22.1 Å². The molecule has 1 unspecified atom stereocenters. The van der Waals surface area contributed by atoms with E-state index < -0.39 is 29.7 Å². The average Bonchev–Trinajstić information content (AvgIpc) is 2.92. The van der Waals surface area contributed by atoms with Gasteiger partial charge in [0.05, 0.1) is 11.3 Å². The minimum Gasteiger partial charge on any atom is -0.565 e. The van der Waals surface area contributed by atoms with Crippen molar-refractivity contribution in [3.8, 4) is 11.1 Å². The molecule has 11 heteroatoms. The first kappa shape index (κ1) is 23.4. The van der Waals surface area contributed by atoms with Crippen molar-refractivity contribution in [2.45, 2.75) is 19.4 Å². The SMILES string of the molecule is Cc1cnc(C2CC(Br)=NO2)c(-c2c(F)cc(F)cc2F)c1.O=C([O-])O.[Na+]. The normalized spacial score (nSPS) is 15.0. The first-order chi connectivity index (χ1) is 12.2. The number of carbonyl (C=O) groups is 1. The molecule has 0 saturated heterocycles. The van der Waals surface area contributed by atoms with E-state index in [0.29, 0.717) is 28.9 Å². The summed E-state index contributed by atoms with van der Waals surface area (Å²) in [7, 11) is 0. The van der Waals surface area contributed by atoms with Crippen molar-refractivity contribution in [1.82, 2.24) is 4.98 Å². The number of hydrogen-bond acceptors (Lipinski definition) is 5. The molecule has 1 aromatic heterocycles. The van der Waals surface area contributed by atoms with Crippen LogP contribution in [0.1, 0.15) is 23.8 Å². The van der Waals surface area contributed by atoms with Gasteiger partial charge >= 0.3 is 29.6 Å². The van der Waals surface area contributed by atoms with Crippen LogP contribution in [0.25, 0.3) is 11.1 Å². The van der Waals surface area contributed by atoms with Crippen LogP contribution in [-0.4, -0.2) is 20.9 Å². The fraction of sp³-hybridized carbons (Fsp3) is 0.188. The Labute approximate surface area is 182 Å². The third-order valence-corrected chi connectivity index (χ3v) is 3.74.